The normalized spacial score (nSPS) is 21.7. The Morgan fingerprint density at radius 3 is 2.55 bits per heavy atom. The molecule has 3 N–H and O–H groups in total. The fraction of sp³-hybridized carbons (Fsp3) is 0.308. The van der Waals surface area contributed by atoms with Crippen molar-refractivity contribution in [2.75, 3.05) is 38.2 Å². The van der Waals surface area contributed by atoms with Crippen molar-refractivity contribution in [3.63, 3.8) is 0 Å². The lowest BCUT2D eigenvalue weighted by molar-refractivity contribution is -0.140. The Labute approximate surface area is 229 Å². The number of anilines is 1. The van der Waals surface area contributed by atoms with Gasteiger partial charge in [0.2, 0.25) is 5.91 Å². The van der Waals surface area contributed by atoms with Crippen LogP contribution in [-0.2, 0) is 24.3 Å². The monoisotopic (exact) mass is 575 g/mol. The van der Waals surface area contributed by atoms with E-state index in [0.29, 0.717) is 42.6 Å². The van der Waals surface area contributed by atoms with Crippen LogP contribution in [0.5, 0.6) is 0 Å². The van der Waals surface area contributed by atoms with Gasteiger partial charge in [-0.15, -0.1) is 11.3 Å². The summed E-state index contributed by atoms with van der Waals surface area (Å²) in [6.45, 7) is 2.77. The van der Waals surface area contributed by atoms with Gasteiger partial charge in [0, 0.05) is 34.6 Å². The van der Waals surface area contributed by atoms with Crippen LogP contribution in [0.2, 0.25) is 5.02 Å². The minimum atomic E-state index is -4.11. The summed E-state index contributed by atoms with van der Waals surface area (Å²) in [5, 5.41) is 13.5. The summed E-state index contributed by atoms with van der Waals surface area (Å²) in [7, 11) is -4.11. The van der Waals surface area contributed by atoms with Crippen LogP contribution in [0.3, 0.4) is 0 Å². The van der Waals surface area contributed by atoms with Crippen LogP contribution >= 0.6 is 22.9 Å². The number of hydrogen-bond acceptors (Lipinski definition) is 7. The standard InChI is InChI=1S/C26H26ClN3O6S2/c27-19-6-4-17(5-7-19)22-8-9-24(37-22)38(34,35)29-26(25(32)33)15-21(26)18-2-1-3-20(14-18)28-23(31)16-30-10-12-36-13-11-30/h1-9,14,21,29H,10-13,15-16H2,(H,28,31)(H,32,33)/t21-,26?/m0/s1. The molecule has 1 saturated heterocycles. The summed E-state index contributed by atoms with van der Waals surface area (Å²) in [5.74, 6) is -2.01. The molecule has 0 bridgehead atoms. The molecule has 1 aliphatic carbocycles. The maximum absolute atomic E-state index is 13.2. The number of halogens is 1. The molecule has 200 valence electrons. The molecule has 2 fully saturated rings. The van der Waals surface area contributed by atoms with Crippen molar-refractivity contribution >= 4 is 50.5 Å². The van der Waals surface area contributed by atoms with Gasteiger partial charge in [0.15, 0.2) is 0 Å². The predicted molar refractivity (Wildman–Crippen MR) is 145 cm³/mol. The first-order valence-electron chi connectivity index (χ1n) is 12.0. The Morgan fingerprint density at radius 2 is 1.84 bits per heavy atom. The number of hydrogen-bond donors (Lipinski definition) is 3. The molecule has 12 heteroatoms. The molecule has 5 rings (SSSR count). The summed E-state index contributed by atoms with van der Waals surface area (Å²) < 4.78 is 34.2. The first kappa shape index (κ1) is 26.8. The maximum Gasteiger partial charge on any atom is 0.325 e. The molecule has 1 saturated carbocycles. The zero-order valence-corrected chi connectivity index (χ0v) is 22.6. The number of aliphatic carboxylic acids is 1. The molecule has 2 aliphatic rings. The Morgan fingerprint density at radius 1 is 1.11 bits per heavy atom. The number of nitrogens with one attached hydrogen (secondary N) is 2. The van der Waals surface area contributed by atoms with E-state index in [4.69, 9.17) is 16.3 Å². The van der Waals surface area contributed by atoms with Crippen molar-refractivity contribution in [3.05, 3.63) is 71.2 Å². The second kappa shape index (κ2) is 10.8. The van der Waals surface area contributed by atoms with Gasteiger partial charge >= 0.3 is 5.97 Å². The van der Waals surface area contributed by atoms with Gasteiger partial charge in [0.1, 0.15) is 9.75 Å². The van der Waals surface area contributed by atoms with E-state index in [0.717, 1.165) is 21.8 Å². The number of thiophene rings is 1. The number of amides is 1. The van der Waals surface area contributed by atoms with Crippen LogP contribution in [0.25, 0.3) is 10.4 Å². The number of benzene rings is 2. The van der Waals surface area contributed by atoms with Gasteiger partial charge in [-0.3, -0.25) is 14.5 Å². The minimum absolute atomic E-state index is 0.0258. The van der Waals surface area contributed by atoms with Crippen molar-refractivity contribution < 1.29 is 27.9 Å². The van der Waals surface area contributed by atoms with Crippen LogP contribution in [0.4, 0.5) is 5.69 Å². The molecule has 9 nitrogen and oxygen atoms in total. The van der Waals surface area contributed by atoms with Crippen LogP contribution in [0, 0.1) is 0 Å². The summed E-state index contributed by atoms with van der Waals surface area (Å²) in [4.78, 5) is 27.5. The van der Waals surface area contributed by atoms with Gasteiger partial charge in [0.05, 0.1) is 19.8 Å². The highest BCUT2D eigenvalue weighted by molar-refractivity contribution is 7.91. The Bertz CT molecular complexity index is 1450. The SMILES string of the molecule is O=C(CN1CCOCC1)Nc1cccc([C@@H]2CC2(NS(=O)(=O)c2ccc(-c3ccc(Cl)cc3)s2)C(=O)O)c1. The zero-order valence-electron chi connectivity index (χ0n) is 20.2. The third-order valence-corrected chi connectivity index (χ3v) is 10.1. The topological polar surface area (TPSA) is 125 Å². The van der Waals surface area contributed by atoms with Gasteiger partial charge in [0.25, 0.3) is 10.0 Å². The zero-order chi connectivity index (χ0) is 26.9. The second-order valence-corrected chi connectivity index (χ2v) is 12.8. The highest BCUT2D eigenvalue weighted by atomic mass is 35.5. The van der Waals surface area contributed by atoms with Gasteiger partial charge in [-0.2, -0.15) is 4.72 Å². The third-order valence-electron chi connectivity index (χ3n) is 6.68. The van der Waals surface area contributed by atoms with Crippen molar-refractivity contribution in [1.82, 2.24) is 9.62 Å². The Hall–Kier alpha value is -2.80. The average molecular weight is 576 g/mol. The number of morpholine rings is 1. The molecule has 1 amide bonds. The fourth-order valence-corrected chi connectivity index (χ4v) is 7.42. The number of carbonyl (C=O) groups is 2. The van der Waals surface area contributed by atoms with E-state index < -0.39 is 27.4 Å². The molecule has 2 aromatic carbocycles. The predicted octanol–water partition coefficient (Wildman–Crippen LogP) is 3.63. The lowest BCUT2D eigenvalue weighted by Crippen LogP contribution is -2.44. The van der Waals surface area contributed by atoms with E-state index in [1.807, 2.05) is 4.90 Å². The van der Waals surface area contributed by atoms with Gasteiger partial charge in [-0.25, -0.2) is 8.42 Å². The number of sulfonamides is 1. The highest BCUT2D eigenvalue weighted by Crippen LogP contribution is 2.53. The number of carbonyl (C=O) groups excluding carboxylic acids is 1. The fourth-order valence-electron chi connectivity index (χ4n) is 4.58. The molecule has 38 heavy (non-hydrogen) atoms. The summed E-state index contributed by atoms with van der Waals surface area (Å²) in [6, 6.07) is 17.1. The molecule has 3 aromatic rings. The van der Waals surface area contributed by atoms with Crippen molar-refractivity contribution in [2.24, 2.45) is 0 Å². The average Bonchev–Trinajstić information content (AvgIpc) is 3.38. The maximum atomic E-state index is 13.2. The number of rotatable bonds is 9. The summed E-state index contributed by atoms with van der Waals surface area (Å²) in [6.07, 6.45) is 0.0994. The quantitative estimate of drug-likeness (QED) is 0.356. The molecule has 2 atom stereocenters. The van der Waals surface area contributed by atoms with Crippen LogP contribution in [-0.4, -0.2) is 68.7 Å². The van der Waals surface area contributed by atoms with Crippen LogP contribution < -0.4 is 10.0 Å². The molecule has 0 radical (unpaired) electrons. The second-order valence-electron chi connectivity index (χ2n) is 9.33. The summed E-state index contributed by atoms with van der Waals surface area (Å²) in [5.41, 5.74) is 0.304. The smallest absolute Gasteiger partial charge is 0.325 e. The number of carboxylic acids is 1. The van der Waals surface area contributed by atoms with E-state index in [9.17, 15) is 23.1 Å². The number of nitrogens with zero attached hydrogens (tertiary/aromatic N) is 1. The van der Waals surface area contributed by atoms with E-state index >= 15 is 0 Å². The molecular formula is C26H26ClN3O6S2. The molecule has 1 aliphatic heterocycles. The summed E-state index contributed by atoms with van der Waals surface area (Å²) >= 11 is 6.99. The highest BCUT2D eigenvalue weighted by Gasteiger charge is 2.63. The van der Waals surface area contributed by atoms with E-state index in [2.05, 4.69) is 10.0 Å². The minimum Gasteiger partial charge on any atom is -0.480 e. The van der Waals surface area contributed by atoms with Crippen molar-refractivity contribution in [2.45, 2.75) is 22.1 Å². The van der Waals surface area contributed by atoms with Gasteiger partial charge in [-0.05, 0) is 53.9 Å². The number of ether oxygens (including phenoxy) is 1. The first-order chi connectivity index (χ1) is 18.2. The van der Waals surface area contributed by atoms with Crippen molar-refractivity contribution in [3.8, 4) is 10.4 Å². The van der Waals surface area contributed by atoms with Crippen LogP contribution in [0.1, 0.15) is 17.9 Å². The molecule has 0 spiro atoms. The van der Waals surface area contributed by atoms with E-state index in [-0.39, 0.29) is 23.1 Å². The molecule has 1 unspecified atom stereocenters. The first-order valence-corrected chi connectivity index (χ1v) is 14.7. The van der Waals surface area contributed by atoms with Crippen molar-refractivity contribution in [1.29, 1.82) is 0 Å². The lowest BCUT2D eigenvalue weighted by atomic mass is 10.1. The molecule has 2 heterocycles. The number of carboxylic acid groups (broad SMARTS) is 1. The Balaban J connectivity index is 1.29. The van der Waals surface area contributed by atoms with E-state index in [1.165, 1.54) is 6.07 Å². The lowest BCUT2D eigenvalue weighted by Gasteiger charge is -2.25. The van der Waals surface area contributed by atoms with Gasteiger partial charge in [-0.1, -0.05) is 35.9 Å². The molecule has 1 aromatic heterocycles. The van der Waals surface area contributed by atoms with Crippen LogP contribution in [0.15, 0.2) is 64.9 Å². The van der Waals surface area contributed by atoms with E-state index in [1.54, 1.807) is 54.6 Å². The van der Waals surface area contributed by atoms with Gasteiger partial charge < -0.3 is 15.2 Å². The molecular weight excluding hydrogens is 550 g/mol. The largest absolute Gasteiger partial charge is 0.480 e. The third kappa shape index (κ3) is 5.78. The Kier molecular flexibility index (Phi) is 7.58.